The molecule has 0 spiro atoms. The molecule has 0 unspecified atom stereocenters. The molecule has 0 fully saturated rings. The Morgan fingerprint density at radius 1 is 0.814 bits per heavy atom. The number of aldehydes is 1. The molecule has 0 saturated heterocycles. The summed E-state index contributed by atoms with van der Waals surface area (Å²) >= 11 is 0. The SMILES string of the molecule is CC(=O)NCC(C)(C)COCC(C)(C)COCCC(=O)NCCCC[C@@H](C=O)NC(=O)CC(CNCCN)CNCCN. The normalized spacial score (nSPS) is 12.7. The van der Waals surface area contributed by atoms with E-state index in [1.807, 2.05) is 27.7 Å². The van der Waals surface area contributed by atoms with E-state index in [0.717, 1.165) is 6.29 Å². The smallest absolute Gasteiger partial charge is 0.222 e. The second-order valence-corrected chi connectivity index (χ2v) is 12.7. The van der Waals surface area contributed by atoms with Crippen LogP contribution in [-0.4, -0.2) is 109 Å². The van der Waals surface area contributed by atoms with Crippen LogP contribution in [0.3, 0.4) is 0 Å². The van der Waals surface area contributed by atoms with Crippen molar-refractivity contribution in [3.63, 3.8) is 0 Å². The molecule has 13 heteroatoms. The number of carbonyl (C=O) groups excluding carboxylic acids is 4. The van der Waals surface area contributed by atoms with Gasteiger partial charge in [0.15, 0.2) is 0 Å². The molecular weight excluding hydrogens is 554 g/mol. The first-order chi connectivity index (χ1) is 20.3. The van der Waals surface area contributed by atoms with E-state index in [9.17, 15) is 19.2 Å². The molecule has 0 rings (SSSR count). The highest BCUT2D eigenvalue weighted by Crippen LogP contribution is 2.20. The van der Waals surface area contributed by atoms with Crippen molar-refractivity contribution in [3.05, 3.63) is 0 Å². The van der Waals surface area contributed by atoms with Gasteiger partial charge in [0.25, 0.3) is 0 Å². The molecule has 0 heterocycles. The second kappa shape index (κ2) is 24.2. The van der Waals surface area contributed by atoms with E-state index in [-0.39, 0.29) is 40.9 Å². The molecule has 1 atom stereocenters. The van der Waals surface area contributed by atoms with E-state index < -0.39 is 6.04 Å². The number of nitrogens with two attached hydrogens (primary N) is 2. The fraction of sp³-hybridized carbons (Fsp3) is 0.867. The van der Waals surface area contributed by atoms with Crippen molar-refractivity contribution in [2.45, 2.75) is 72.8 Å². The minimum atomic E-state index is -0.554. The molecule has 43 heavy (non-hydrogen) atoms. The largest absolute Gasteiger partial charge is 0.380 e. The highest BCUT2D eigenvalue weighted by Gasteiger charge is 2.23. The van der Waals surface area contributed by atoms with Gasteiger partial charge < -0.3 is 52.3 Å². The van der Waals surface area contributed by atoms with Crippen molar-refractivity contribution >= 4 is 24.0 Å². The summed E-state index contributed by atoms with van der Waals surface area (Å²) in [5.74, 6) is -0.256. The van der Waals surface area contributed by atoms with E-state index in [2.05, 4.69) is 26.6 Å². The zero-order valence-electron chi connectivity index (χ0n) is 27.4. The summed E-state index contributed by atoms with van der Waals surface area (Å²) in [6.45, 7) is 16.2. The zero-order valence-corrected chi connectivity index (χ0v) is 27.4. The lowest BCUT2D eigenvalue weighted by Crippen LogP contribution is -2.41. The predicted octanol–water partition coefficient (Wildman–Crippen LogP) is -0.329. The van der Waals surface area contributed by atoms with E-state index in [1.54, 1.807) is 0 Å². The van der Waals surface area contributed by atoms with Crippen LogP contribution in [0.1, 0.15) is 66.7 Å². The minimum absolute atomic E-state index is 0.0570. The van der Waals surface area contributed by atoms with Crippen molar-refractivity contribution < 1.29 is 28.7 Å². The number of amides is 3. The van der Waals surface area contributed by atoms with Crippen molar-refractivity contribution in [1.82, 2.24) is 26.6 Å². The van der Waals surface area contributed by atoms with E-state index >= 15 is 0 Å². The van der Waals surface area contributed by atoms with Crippen LogP contribution in [0, 0.1) is 16.7 Å². The van der Waals surface area contributed by atoms with Gasteiger partial charge in [0.05, 0.1) is 32.5 Å². The monoisotopic (exact) mass is 615 g/mol. The topological polar surface area (TPSA) is 199 Å². The molecule has 0 radical (unpaired) electrons. The molecule has 0 aromatic rings. The van der Waals surface area contributed by atoms with Crippen molar-refractivity contribution in [2.24, 2.45) is 28.2 Å². The Labute approximate surface area is 259 Å². The number of hydrogen-bond acceptors (Lipinski definition) is 10. The summed E-state index contributed by atoms with van der Waals surface area (Å²) in [7, 11) is 0. The zero-order chi connectivity index (χ0) is 32.6. The average molecular weight is 616 g/mol. The predicted molar refractivity (Wildman–Crippen MR) is 169 cm³/mol. The van der Waals surface area contributed by atoms with Gasteiger partial charge >= 0.3 is 0 Å². The lowest BCUT2D eigenvalue weighted by molar-refractivity contribution is -0.125. The maximum atomic E-state index is 12.5. The molecule has 3 amide bonds. The Kier molecular flexibility index (Phi) is 23.0. The summed E-state index contributed by atoms with van der Waals surface area (Å²) in [6, 6.07) is -0.554. The standard InChI is InChI=1S/C30H61N7O6/c1-24(39)36-20-29(2,3)21-43-23-30(4,5)22-42-15-9-27(40)35-12-7-6-8-26(19-38)37-28(41)16-25(17-33-13-10-31)18-34-14-11-32/h19,25-26,33-34H,6-18,20-23,31-32H2,1-5H3,(H,35,40)(H,36,39)(H,37,41)/t26-/m0/s1. The average Bonchev–Trinajstić information content (AvgIpc) is 2.93. The van der Waals surface area contributed by atoms with Crippen LogP contribution in [0.5, 0.6) is 0 Å². The van der Waals surface area contributed by atoms with Crippen molar-refractivity contribution in [1.29, 1.82) is 0 Å². The number of hydrogen-bond donors (Lipinski definition) is 7. The summed E-state index contributed by atoms with van der Waals surface area (Å²) in [5.41, 5.74) is 10.7. The molecule has 0 bridgehead atoms. The fourth-order valence-corrected chi connectivity index (χ4v) is 4.11. The van der Waals surface area contributed by atoms with Crippen LogP contribution in [0.4, 0.5) is 0 Å². The third kappa shape index (κ3) is 24.9. The van der Waals surface area contributed by atoms with Gasteiger partial charge in [-0.05, 0) is 38.3 Å². The number of nitrogens with one attached hydrogen (secondary N) is 5. The quantitative estimate of drug-likeness (QED) is 0.0452. The Bertz CT molecular complexity index is 772. The van der Waals surface area contributed by atoms with Crippen LogP contribution in [-0.2, 0) is 28.7 Å². The number of rotatable bonds is 28. The Morgan fingerprint density at radius 2 is 1.42 bits per heavy atom. The van der Waals surface area contributed by atoms with Gasteiger partial charge in [-0.3, -0.25) is 14.4 Å². The van der Waals surface area contributed by atoms with Gasteiger partial charge in [-0.25, -0.2) is 0 Å². The first kappa shape index (κ1) is 40.8. The first-order valence-electron chi connectivity index (χ1n) is 15.6. The lowest BCUT2D eigenvalue weighted by Gasteiger charge is -2.29. The van der Waals surface area contributed by atoms with Crippen LogP contribution in [0.2, 0.25) is 0 Å². The van der Waals surface area contributed by atoms with E-state index in [4.69, 9.17) is 20.9 Å². The van der Waals surface area contributed by atoms with Crippen molar-refractivity contribution in [3.8, 4) is 0 Å². The molecule has 0 aliphatic heterocycles. The second-order valence-electron chi connectivity index (χ2n) is 12.7. The molecule has 0 aliphatic carbocycles. The highest BCUT2D eigenvalue weighted by molar-refractivity contribution is 5.79. The minimum Gasteiger partial charge on any atom is -0.380 e. The third-order valence-electron chi connectivity index (χ3n) is 6.52. The Morgan fingerprint density at radius 3 is 2.00 bits per heavy atom. The molecule has 0 aromatic heterocycles. The number of ether oxygens (including phenoxy) is 2. The molecule has 13 nitrogen and oxygen atoms in total. The molecule has 9 N–H and O–H groups in total. The summed E-state index contributed by atoms with van der Waals surface area (Å²) in [5, 5.41) is 15.0. The number of carbonyl (C=O) groups is 4. The summed E-state index contributed by atoms with van der Waals surface area (Å²) in [6.07, 6.45) is 3.22. The van der Waals surface area contributed by atoms with Gasteiger partial charge in [-0.2, -0.15) is 0 Å². The van der Waals surface area contributed by atoms with Crippen LogP contribution in [0.15, 0.2) is 0 Å². The highest BCUT2D eigenvalue weighted by atomic mass is 16.5. The maximum Gasteiger partial charge on any atom is 0.222 e. The Balaban J connectivity index is 4.12. The van der Waals surface area contributed by atoms with Crippen LogP contribution < -0.4 is 38.1 Å². The first-order valence-corrected chi connectivity index (χ1v) is 15.6. The summed E-state index contributed by atoms with van der Waals surface area (Å²) < 4.78 is 11.6. The van der Waals surface area contributed by atoms with E-state index in [0.29, 0.717) is 104 Å². The fourth-order valence-electron chi connectivity index (χ4n) is 4.11. The molecular formula is C30H61N7O6. The van der Waals surface area contributed by atoms with Crippen LogP contribution >= 0.6 is 0 Å². The van der Waals surface area contributed by atoms with Gasteiger partial charge in [0, 0.05) is 69.9 Å². The van der Waals surface area contributed by atoms with Crippen LogP contribution in [0.25, 0.3) is 0 Å². The van der Waals surface area contributed by atoms with Gasteiger partial charge in [-0.1, -0.05) is 27.7 Å². The molecule has 0 aliphatic rings. The Hall–Kier alpha value is -2.16. The van der Waals surface area contributed by atoms with E-state index in [1.165, 1.54) is 6.92 Å². The van der Waals surface area contributed by atoms with Gasteiger partial charge in [0.2, 0.25) is 17.7 Å². The molecule has 0 saturated carbocycles. The molecule has 252 valence electrons. The van der Waals surface area contributed by atoms with Gasteiger partial charge in [0.1, 0.15) is 6.29 Å². The maximum absolute atomic E-state index is 12.5. The third-order valence-corrected chi connectivity index (χ3v) is 6.52. The summed E-state index contributed by atoms with van der Waals surface area (Å²) in [4.78, 5) is 47.3. The van der Waals surface area contributed by atoms with Gasteiger partial charge in [-0.15, -0.1) is 0 Å². The van der Waals surface area contributed by atoms with Crippen molar-refractivity contribution in [2.75, 3.05) is 78.8 Å². The lowest BCUT2D eigenvalue weighted by atomic mass is 9.93. The number of unbranched alkanes of at least 4 members (excludes halogenated alkanes) is 1. The molecule has 0 aromatic carbocycles.